The number of hydrogen-bond donors (Lipinski definition) is 0. The Morgan fingerprint density at radius 1 is 0.424 bits per heavy atom. The third kappa shape index (κ3) is 4.83. The van der Waals surface area contributed by atoms with Crippen LogP contribution in [0.5, 0.6) is 0 Å². The zero-order chi connectivity index (χ0) is 38.8. The normalized spacial score (nSPS) is 22.8. The molecule has 1 saturated heterocycles. The first-order chi connectivity index (χ1) is 29.2. The minimum atomic E-state index is 0.453. The first kappa shape index (κ1) is 33.9. The van der Waals surface area contributed by atoms with Gasteiger partial charge < -0.3 is 18.6 Å². The van der Waals surface area contributed by atoms with Crippen molar-refractivity contribution in [2.75, 3.05) is 4.90 Å². The SMILES string of the molecule is C[C@H]1C=Cc2c(n(-c3cc(-n4c5ccccc5c5ccccc54)c(N4C5CCCCC5C5CCCCC54)cc3-n3c4ccccc4c4ccccc43)c3ccccc23)C1. The summed E-state index contributed by atoms with van der Waals surface area (Å²) in [5.74, 6) is 1.99. The third-order valence-corrected chi connectivity index (χ3v) is 15.2. The van der Waals surface area contributed by atoms with Crippen LogP contribution in [0.3, 0.4) is 0 Å². The van der Waals surface area contributed by atoms with E-state index in [0.717, 1.165) is 18.3 Å². The fourth-order valence-electron chi connectivity index (χ4n) is 12.8. The Bertz CT molecular complexity index is 3040. The lowest BCUT2D eigenvalue weighted by atomic mass is 9.73. The number of anilines is 1. The smallest absolute Gasteiger partial charge is 0.0725 e. The topological polar surface area (TPSA) is 18.0 Å². The molecule has 13 rings (SSSR count). The van der Waals surface area contributed by atoms with Gasteiger partial charge in [-0.25, -0.2) is 0 Å². The van der Waals surface area contributed by atoms with Crippen LogP contribution in [0, 0.1) is 17.8 Å². The van der Waals surface area contributed by atoms with E-state index >= 15 is 0 Å². The molecular formula is C55H50N4. The summed E-state index contributed by atoms with van der Waals surface area (Å²) in [6, 6.07) is 52.0. The summed E-state index contributed by atoms with van der Waals surface area (Å²) in [5, 5.41) is 6.57. The predicted molar refractivity (Wildman–Crippen MR) is 248 cm³/mol. The molecule has 0 spiro atoms. The highest BCUT2D eigenvalue weighted by atomic mass is 15.3. The van der Waals surface area contributed by atoms with Crippen LogP contribution in [-0.2, 0) is 6.42 Å². The van der Waals surface area contributed by atoms with Gasteiger partial charge in [0.15, 0.2) is 0 Å². The maximum absolute atomic E-state index is 3.03. The molecule has 0 bridgehead atoms. The highest BCUT2D eigenvalue weighted by Gasteiger charge is 2.50. The van der Waals surface area contributed by atoms with Crippen LogP contribution in [0.1, 0.15) is 69.5 Å². The standard InChI is InChI=1S/C55H50N4/c1-35-30-31-43-42-22-8-15-29-50(42)59(51(43)32-35)55-34-53(57-46-25-11-4-18-38(46)39-19-5-12-26-47(39)57)52(56-44-23-9-2-16-36(44)37-17-3-10-24-45(37)56)33-54(55)58-48-27-13-6-20-40(48)41-21-7-14-28-49(41)58/h4-8,11-15,18-22,25-31,33-37,44-45H,2-3,9-10,16-17,23-24,32H2,1H3/t35-,36?,37?,44?,45?/m0/s1. The minimum absolute atomic E-state index is 0.453. The van der Waals surface area contributed by atoms with Crippen molar-refractivity contribution in [3.8, 4) is 17.1 Å². The van der Waals surface area contributed by atoms with Crippen LogP contribution in [-0.4, -0.2) is 25.8 Å². The molecule has 0 radical (unpaired) electrons. The fraction of sp³-hybridized carbons (Fsp3) is 0.273. The molecule has 9 aromatic rings. The lowest BCUT2D eigenvalue weighted by molar-refractivity contribution is 0.231. The molecule has 4 aliphatic rings. The maximum Gasteiger partial charge on any atom is 0.0725 e. The average molecular weight is 767 g/mol. The van der Waals surface area contributed by atoms with E-state index in [9.17, 15) is 0 Å². The van der Waals surface area contributed by atoms with Crippen molar-refractivity contribution in [3.05, 3.63) is 151 Å². The molecule has 4 nitrogen and oxygen atoms in total. The Morgan fingerprint density at radius 2 is 0.814 bits per heavy atom. The van der Waals surface area contributed by atoms with Gasteiger partial charge >= 0.3 is 0 Å². The molecule has 0 N–H and O–H groups in total. The van der Waals surface area contributed by atoms with Gasteiger partial charge in [-0.15, -0.1) is 0 Å². The monoisotopic (exact) mass is 766 g/mol. The molecule has 290 valence electrons. The van der Waals surface area contributed by atoms with E-state index < -0.39 is 0 Å². The fourth-order valence-corrected chi connectivity index (χ4v) is 12.8. The zero-order valence-electron chi connectivity index (χ0n) is 33.9. The Hall–Kier alpha value is -6.00. The molecule has 1 aliphatic heterocycles. The van der Waals surface area contributed by atoms with E-state index in [1.165, 1.54) is 140 Å². The van der Waals surface area contributed by atoms with Gasteiger partial charge in [-0.05, 0) is 92.3 Å². The second-order valence-corrected chi connectivity index (χ2v) is 18.3. The maximum atomic E-state index is 3.03. The van der Waals surface area contributed by atoms with Crippen LogP contribution in [0.2, 0.25) is 0 Å². The van der Waals surface area contributed by atoms with Gasteiger partial charge in [0.1, 0.15) is 0 Å². The molecule has 4 unspecified atom stereocenters. The first-order valence-corrected chi connectivity index (χ1v) is 22.5. The van der Waals surface area contributed by atoms with E-state index in [1.54, 1.807) is 0 Å². The van der Waals surface area contributed by atoms with Crippen molar-refractivity contribution in [1.29, 1.82) is 0 Å². The van der Waals surface area contributed by atoms with Crippen LogP contribution >= 0.6 is 0 Å². The lowest BCUT2D eigenvalue weighted by Crippen LogP contribution is -2.40. The second kappa shape index (κ2) is 13.0. The molecule has 59 heavy (non-hydrogen) atoms. The summed E-state index contributed by atoms with van der Waals surface area (Å²) in [7, 11) is 0. The molecule has 0 amide bonds. The number of para-hydroxylation sites is 5. The number of rotatable bonds is 4. The molecule has 6 aromatic carbocycles. The van der Waals surface area contributed by atoms with Gasteiger partial charge in [-0.1, -0.05) is 136 Å². The molecule has 2 saturated carbocycles. The summed E-state index contributed by atoms with van der Waals surface area (Å²) in [6.45, 7) is 2.37. The predicted octanol–water partition coefficient (Wildman–Crippen LogP) is 14.0. The zero-order valence-corrected chi connectivity index (χ0v) is 33.9. The molecule has 3 aliphatic carbocycles. The molecular weight excluding hydrogens is 717 g/mol. The molecule has 5 atom stereocenters. The minimum Gasteiger partial charge on any atom is -0.363 e. The Morgan fingerprint density at radius 3 is 1.32 bits per heavy atom. The Kier molecular flexibility index (Phi) is 7.47. The van der Waals surface area contributed by atoms with Crippen molar-refractivity contribution in [2.45, 2.75) is 76.8 Å². The van der Waals surface area contributed by atoms with Gasteiger partial charge in [-0.3, -0.25) is 0 Å². The van der Waals surface area contributed by atoms with Crippen molar-refractivity contribution in [1.82, 2.24) is 13.7 Å². The summed E-state index contributed by atoms with van der Waals surface area (Å²) >= 11 is 0. The van der Waals surface area contributed by atoms with E-state index in [1.807, 2.05) is 0 Å². The second-order valence-electron chi connectivity index (χ2n) is 18.3. The number of fused-ring (bicyclic) bond motifs is 12. The van der Waals surface area contributed by atoms with Crippen molar-refractivity contribution in [2.24, 2.45) is 17.8 Å². The van der Waals surface area contributed by atoms with Crippen LogP contribution in [0.15, 0.2) is 140 Å². The average Bonchev–Trinajstić information content (AvgIpc) is 4.01. The van der Waals surface area contributed by atoms with Gasteiger partial charge in [0.05, 0.1) is 50.3 Å². The molecule has 4 heterocycles. The number of benzene rings is 6. The molecule has 4 heteroatoms. The van der Waals surface area contributed by atoms with E-state index in [2.05, 4.69) is 171 Å². The van der Waals surface area contributed by atoms with Crippen molar-refractivity contribution < 1.29 is 0 Å². The van der Waals surface area contributed by atoms with Crippen LogP contribution in [0.4, 0.5) is 5.69 Å². The van der Waals surface area contributed by atoms with E-state index in [4.69, 9.17) is 0 Å². The van der Waals surface area contributed by atoms with Crippen molar-refractivity contribution >= 4 is 66.3 Å². The van der Waals surface area contributed by atoms with Gasteiger partial charge in [-0.2, -0.15) is 0 Å². The highest BCUT2D eigenvalue weighted by molar-refractivity contribution is 6.11. The van der Waals surface area contributed by atoms with Crippen molar-refractivity contribution in [3.63, 3.8) is 0 Å². The molecule has 3 aromatic heterocycles. The number of allylic oxidation sites excluding steroid dienone is 1. The highest BCUT2D eigenvalue weighted by Crippen LogP contribution is 2.54. The lowest BCUT2D eigenvalue weighted by Gasteiger charge is -2.38. The summed E-state index contributed by atoms with van der Waals surface area (Å²) in [4.78, 5) is 3.03. The number of hydrogen-bond acceptors (Lipinski definition) is 1. The summed E-state index contributed by atoms with van der Waals surface area (Å²) < 4.78 is 7.94. The third-order valence-electron chi connectivity index (χ3n) is 15.2. The quantitative estimate of drug-likeness (QED) is 0.174. The van der Waals surface area contributed by atoms with Gasteiger partial charge in [0.2, 0.25) is 0 Å². The number of aromatic nitrogens is 3. The first-order valence-electron chi connectivity index (χ1n) is 22.5. The van der Waals surface area contributed by atoms with E-state index in [0.29, 0.717) is 18.0 Å². The van der Waals surface area contributed by atoms with Crippen LogP contribution in [0.25, 0.3) is 77.7 Å². The summed E-state index contributed by atoms with van der Waals surface area (Å²) in [6.07, 6.45) is 16.5. The Balaban J connectivity index is 1.22. The van der Waals surface area contributed by atoms with Gasteiger partial charge in [0.25, 0.3) is 0 Å². The Labute approximate surface area is 346 Å². The molecule has 3 fully saturated rings. The van der Waals surface area contributed by atoms with Crippen LogP contribution < -0.4 is 4.90 Å². The largest absolute Gasteiger partial charge is 0.363 e. The van der Waals surface area contributed by atoms with Gasteiger partial charge in [0, 0.05) is 50.3 Å². The number of nitrogens with zero attached hydrogens (tertiary/aromatic N) is 4. The summed E-state index contributed by atoms with van der Waals surface area (Å²) in [5.41, 5.74) is 14.4. The van der Waals surface area contributed by atoms with E-state index in [-0.39, 0.29) is 0 Å².